The molecule has 194 valence electrons. The van der Waals surface area contributed by atoms with Gasteiger partial charge in [0.2, 0.25) is 0 Å². The number of rotatable bonds is 7. The molecule has 5 rings (SSSR count). The Balaban J connectivity index is 1.52. The Kier molecular flexibility index (Phi) is 7.20. The smallest absolute Gasteiger partial charge is 0.265 e. The largest absolute Gasteiger partial charge is 0.496 e. The second-order valence-electron chi connectivity index (χ2n) is 8.82. The third kappa shape index (κ3) is 5.21. The monoisotopic (exact) mass is 510 g/mol. The number of aromatic nitrogens is 1. The number of carbonyl (C=O) groups is 1. The summed E-state index contributed by atoms with van der Waals surface area (Å²) in [5, 5.41) is 3.25. The average molecular weight is 511 g/mol. The van der Waals surface area contributed by atoms with Crippen LogP contribution in [0.2, 0.25) is 0 Å². The molecule has 37 heavy (non-hydrogen) atoms. The number of hydrogen-bond donors (Lipinski definition) is 1. The van der Waals surface area contributed by atoms with Gasteiger partial charge in [0, 0.05) is 54.6 Å². The van der Waals surface area contributed by atoms with Gasteiger partial charge in [0.25, 0.3) is 5.91 Å². The van der Waals surface area contributed by atoms with Gasteiger partial charge in [0.1, 0.15) is 29.0 Å². The highest BCUT2D eigenvalue weighted by Gasteiger charge is 2.28. The highest BCUT2D eigenvalue weighted by Crippen LogP contribution is 2.40. The zero-order valence-electron chi connectivity index (χ0n) is 20.7. The summed E-state index contributed by atoms with van der Waals surface area (Å²) in [7, 11) is 1.41. The molecule has 0 radical (unpaired) electrons. The summed E-state index contributed by atoms with van der Waals surface area (Å²) in [4.78, 5) is 20.7. The van der Waals surface area contributed by atoms with Crippen molar-refractivity contribution in [2.75, 3.05) is 56.8 Å². The van der Waals surface area contributed by atoms with E-state index in [1.807, 2.05) is 19.1 Å². The van der Waals surface area contributed by atoms with E-state index < -0.39 is 11.6 Å². The molecule has 1 aromatic heterocycles. The topological polar surface area (TPSA) is 76.2 Å². The van der Waals surface area contributed by atoms with E-state index in [4.69, 9.17) is 14.2 Å². The zero-order valence-corrected chi connectivity index (χ0v) is 20.7. The maximum atomic E-state index is 14.8. The lowest BCUT2D eigenvalue weighted by Gasteiger charge is -2.32. The lowest BCUT2D eigenvalue weighted by Crippen LogP contribution is -2.40. The molecule has 0 spiro atoms. The van der Waals surface area contributed by atoms with Crippen molar-refractivity contribution in [1.82, 2.24) is 9.88 Å². The van der Waals surface area contributed by atoms with E-state index in [-0.39, 0.29) is 23.8 Å². The number of ether oxygens (including phenoxy) is 3. The molecule has 0 saturated carbocycles. The third-order valence-electron chi connectivity index (χ3n) is 6.47. The fraction of sp³-hybridized carbons (Fsp3) is 0.333. The van der Waals surface area contributed by atoms with Crippen molar-refractivity contribution in [2.24, 2.45) is 0 Å². The second-order valence-corrected chi connectivity index (χ2v) is 8.82. The molecule has 0 atom stereocenters. The number of amides is 1. The lowest BCUT2D eigenvalue weighted by atomic mass is 10.0. The number of carbonyl (C=O) groups excluding carboxylic acids is 1. The van der Waals surface area contributed by atoms with Crippen molar-refractivity contribution < 1.29 is 27.8 Å². The highest BCUT2D eigenvalue weighted by atomic mass is 19.1. The number of morpholine rings is 1. The van der Waals surface area contributed by atoms with Gasteiger partial charge < -0.3 is 24.4 Å². The summed E-state index contributed by atoms with van der Waals surface area (Å²) < 4.78 is 45.1. The Hall–Kier alpha value is -3.76. The minimum Gasteiger partial charge on any atom is -0.496 e. The van der Waals surface area contributed by atoms with E-state index in [2.05, 4.69) is 15.2 Å². The molecule has 1 N–H and O–H groups in total. The fourth-order valence-electron chi connectivity index (χ4n) is 4.67. The standard InChI is InChI=1S/C27H28F2N4O4/c1-3-33-23-12-19(10-17(27(23)37-16-26(33)34)15-32-6-8-36-9-7-32)31-25-13-21(22(29)14-30-25)20-5-4-18(28)11-24(20)35-2/h4-5,10-14H,3,6-9,15-16H2,1-2H3,(H,30,31). The first-order valence-electron chi connectivity index (χ1n) is 12.1. The van der Waals surface area contributed by atoms with Gasteiger partial charge in [-0.15, -0.1) is 0 Å². The molecule has 0 aliphatic carbocycles. The second kappa shape index (κ2) is 10.7. The van der Waals surface area contributed by atoms with Crippen molar-refractivity contribution >= 4 is 23.1 Å². The maximum Gasteiger partial charge on any atom is 0.265 e. The van der Waals surface area contributed by atoms with Crippen molar-refractivity contribution in [3.05, 3.63) is 59.8 Å². The minimum absolute atomic E-state index is 0.00783. The molecule has 2 aromatic carbocycles. The molecule has 2 aliphatic heterocycles. The number of nitrogens with zero attached hydrogens (tertiary/aromatic N) is 3. The van der Waals surface area contributed by atoms with Gasteiger partial charge in [0.05, 0.1) is 32.2 Å². The number of benzene rings is 2. The first-order valence-corrected chi connectivity index (χ1v) is 12.1. The van der Waals surface area contributed by atoms with Gasteiger partial charge in [-0.2, -0.15) is 0 Å². The number of nitrogens with one attached hydrogen (secondary N) is 1. The minimum atomic E-state index is -0.565. The molecule has 3 heterocycles. The van der Waals surface area contributed by atoms with Crippen LogP contribution in [-0.4, -0.2) is 62.4 Å². The van der Waals surface area contributed by atoms with E-state index in [1.54, 1.807) is 11.0 Å². The first-order chi connectivity index (χ1) is 18.0. The van der Waals surface area contributed by atoms with Crippen LogP contribution < -0.4 is 19.7 Å². The number of halogens is 2. The molecule has 3 aromatic rings. The zero-order chi connectivity index (χ0) is 25.9. The molecule has 0 unspecified atom stereocenters. The van der Waals surface area contributed by atoms with Crippen molar-refractivity contribution in [3.63, 3.8) is 0 Å². The first kappa shape index (κ1) is 24.9. The van der Waals surface area contributed by atoms with Crippen LogP contribution in [0.15, 0.2) is 42.6 Å². The van der Waals surface area contributed by atoms with Crippen LogP contribution in [0.4, 0.5) is 26.0 Å². The normalized spacial score (nSPS) is 15.8. The van der Waals surface area contributed by atoms with Crippen LogP contribution in [-0.2, 0) is 16.1 Å². The molecule has 1 amide bonds. The Labute approximate surface area is 213 Å². The Morgan fingerprint density at radius 3 is 2.68 bits per heavy atom. The van der Waals surface area contributed by atoms with Crippen LogP contribution in [0.3, 0.4) is 0 Å². The van der Waals surface area contributed by atoms with Crippen LogP contribution in [0.1, 0.15) is 12.5 Å². The number of hydrogen-bond acceptors (Lipinski definition) is 7. The van der Waals surface area contributed by atoms with Crippen LogP contribution >= 0.6 is 0 Å². The fourth-order valence-corrected chi connectivity index (χ4v) is 4.67. The van der Waals surface area contributed by atoms with Gasteiger partial charge in [0.15, 0.2) is 6.61 Å². The number of anilines is 3. The molecular formula is C27H28F2N4O4. The molecule has 10 heteroatoms. The number of likely N-dealkylation sites (N-methyl/N-ethyl adjacent to an activating group) is 1. The van der Waals surface area contributed by atoms with E-state index in [0.717, 1.165) is 24.8 Å². The summed E-state index contributed by atoms with van der Waals surface area (Å²) >= 11 is 0. The summed E-state index contributed by atoms with van der Waals surface area (Å²) in [6, 6.07) is 9.27. The summed E-state index contributed by atoms with van der Waals surface area (Å²) in [6.45, 7) is 5.95. The molecule has 1 fully saturated rings. The van der Waals surface area contributed by atoms with Gasteiger partial charge in [-0.3, -0.25) is 9.69 Å². The highest BCUT2D eigenvalue weighted by molar-refractivity contribution is 5.99. The SMILES string of the molecule is CCN1C(=O)COc2c(CN3CCOCC3)cc(Nc3cc(-c4ccc(F)cc4OC)c(F)cn3)cc21. The molecule has 8 nitrogen and oxygen atoms in total. The summed E-state index contributed by atoms with van der Waals surface area (Å²) in [5.74, 6) is 0.118. The van der Waals surface area contributed by atoms with E-state index in [1.165, 1.54) is 25.3 Å². The maximum absolute atomic E-state index is 14.8. The van der Waals surface area contributed by atoms with E-state index in [0.29, 0.717) is 54.8 Å². The van der Waals surface area contributed by atoms with Crippen molar-refractivity contribution in [2.45, 2.75) is 13.5 Å². The summed E-state index contributed by atoms with van der Waals surface area (Å²) in [5.41, 5.74) is 2.90. The molecule has 0 bridgehead atoms. The average Bonchev–Trinajstić information content (AvgIpc) is 2.90. The molecule has 1 saturated heterocycles. The predicted molar refractivity (Wildman–Crippen MR) is 135 cm³/mol. The summed E-state index contributed by atoms with van der Waals surface area (Å²) in [6.07, 6.45) is 1.11. The van der Waals surface area contributed by atoms with Crippen LogP contribution in [0, 0.1) is 11.6 Å². The van der Waals surface area contributed by atoms with Gasteiger partial charge in [-0.05, 0) is 37.3 Å². The van der Waals surface area contributed by atoms with Gasteiger partial charge in [-0.1, -0.05) is 0 Å². The van der Waals surface area contributed by atoms with Gasteiger partial charge in [-0.25, -0.2) is 13.8 Å². The predicted octanol–water partition coefficient (Wildman–Crippen LogP) is 4.36. The van der Waals surface area contributed by atoms with E-state index >= 15 is 0 Å². The molecule has 2 aliphatic rings. The number of pyridine rings is 1. The Morgan fingerprint density at radius 1 is 1.11 bits per heavy atom. The van der Waals surface area contributed by atoms with Crippen LogP contribution in [0.5, 0.6) is 11.5 Å². The Bertz CT molecular complexity index is 1310. The van der Waals surface area contributed by atoms with E-state index in [9.17, 15) is 13.6 Å². The van der Waals surface area contributed by atoms with Crippen molar-refractivity contribution in [1.29, 1.82) is 0 Å². The van der Waals surface area contributed by atoms with Gasteiger partial charge >= 0.3 is 0 Å². The number of methoxy groups -OCH3 is 1. The van der Waals surface area contributed by atoms with Crippen LogP contribution in [0.25, 0.3) is 11.1 Å². The quantitative estimate of drug-likeness (QED) is 0.506. The molecular weight excluding hydrogens is 482 g/mol. The number of fused-ring (bicyclic) bond motifs is 1. The third-order valence-corrected chi connectivity index (χ3v) is 6.47. The van der Waals surface area contributed by atoms with Crippen molar-refractivity contribution in [3.8, 4) is 22.6 Å². The Morgan fingerprint density at radius 2 is 1.92 bits per heavy atom. The lowest BCUT2D eigenvalue weighted by molar-refractivity contribution is -0.121.